The van der Waals surface area contributed by atoms with Gasteiger partial charge in [0.15, 0.2) is 0 Å². The van der Waals surface area contributed by atoms with Crippen LogP contribution in [0.1, 0.15) is 25.7 Å². The zero-order valence-electron chi connectivity index (χ0n) is 11.2. The second-order valence-electron chi connectivity index (χ2n) is 4.98. The van der Waals surface area contributed by atoms with E-state index in [-0.39, 0.29) is 25.1 Å². The Morgan fingerprint density at radius 2 is 2.15 bits per heavy atom. The van der Waals surface area contributed by atoms with Gasteiger partial charge in [0, 0.05) is 31.3 Å². The fourth-order valence-corrected chi connectivity index (χ4v) is 2.26. The first-order chi connectivity index (χ1) is 9.61. The fraction of sp³-hybridized carbons (Fsp3) is 0.615. The molecule has 2 rings (SSSR count). The summed E-state index contributed by atoms with van der Waals surface area (Å²) in [5, 5.41) is 11.2. The quantitative estimate of drug-likeness (QED) is 0.721. The summed E-state index contributed by atoms with van der Waals surface area (Å²) in [6.45, 7) is 0.335. The number of amides is 1. The third kappa shape index (κ3) is 3.36. The molecule has 7 nitrogen and oxygen atoms in total. The molecule has 20 heavy (non-hydrogen) atoms. The van der Waals surface area contributed by atoms with Crippen molar-refractivity contribution in [3.63, 3.8) is 0 Å². The molecular weight excluding hydrogens is 262 g/mol. The molecule has 1 aliphatic rings. The Bertz CT molecular complexity index is 573. The van der Waals surface area contributed by atoms with Crippen LogP contribution >= 0.6 is 0 Å². The summed E-state index contributed by atoms with van der Waals surface area (Å²) in [4.78, 5) is 36.8. The lowest BCUT2D eigenvalue weighted by molar-refractivity contribution is -0.136. The average molecular weight is 281 g/mol. The molecule has 110 valence electrons. The van der Waals surface area contributed by atoms with Crippen LogP contribution in [0.3, 0.4) is 0 Å². The molecule has 7 heteroatoms. The minimum absolute atomic E-state index is 0.0264. The van der Waals surface area contributed by atoms with Gasteiger partial charge in [-0.05, 0) is 25.7 Å². The van der Waals surface area contributed by atoms with Crippen LogP contribution in [0.15, 0.2) is 21.7 Å². The van der Waals surface area contributed by atoms with E-state index in [0.29, 0.717) is 13.0 Å². The van der Waals surface area contributed by atoms with Crippen molar-refractivity contribution in [3.8, 4) is 0 Å². The van der Waals surface area contributed by atoms with Gasteiger partial charge < -0.3 is 10.0 Å². The molecule has 1 aromatic heterocycles. The van der Waals surface area contributed by atoms with Gasteiger partial charge in [-0.3, -0.25) is 19.5 Å². The van der Waals surface area contributed by atoms with E-state index in [1.54, 1.807) is 4.90 Å². The first-order valence-corrected chi connectivity index (χ1v) is 6.82. The number of aliphatic hydroxyl groups excluding tert-OH is 1. The molecule has 1 amide bonds. The maximum absolute atomic E-state index is 12.3. The molecule has 0 atom stereocenters. The van der Waals surface area contributed by atoms with Crippen LogP contribution in [-0.2, 0) is 11.3 Å². The van der Waals surface area contributed by atoms with Crippen molar-refractivity contribution in [3.05, 3.63) is 32.8 Å². The number of aromatic nitrogens is 2. The highest BCUT2D eigenvalue weighted by atomic mass is 16.3. The van der Waals surface area contributed by atoms with Crippen LogP contribution in [0.25, 0.3) is 0 Å². The number of aromatic amines is 1. The number of H-pyrrole nitrogens is 1. The highest BCUT2D eigenvalue weighted by Crippen LogP contribution is 2.25. The van der Waals surface area contributed by atoms with Gasteiger partial charge >= 0.3 is 0 Å². The maximum Gasteiger partial charge on any atom is 0.265 e. The van der Waals surface area contributed by atoms with E-state index in [2.05, 4.69) is 5.10 Å². The molecule has 0 saturated heterocycles. The summed E-state index contributed by atoms with van der Waals surface area (Å²) in [6.07, 6.45) is 3.52. The van der Waals surface area contributed by atoms with Gasteiger partial charge in [0.1, 0.15) is 6.54 Å². The summed E-state index contributed by atoms with van der Waals surface area (Å²) in [7, 11) is 0. The monoisotopic (exact) mass is 281 g/mol. The summed E-state index contributed by atoms with van der Waals surface area (Å²) >= 11 is 0. The zero-order valence-corrected chi connectivity index (χ0v) is 11.2. The maximum atomic E-state index is 12.3. The van der Waals surface area contributed by atoms with Crippen molar-refractivity contribution in [1.29, 1.82) is 0 Å². The largest absolute Gasteiger partial charge is 0.396 e. The average Bonchev–Trinajstić information content (AvgIpc) is 2.36. The lowest BCUT2D eigenvalue weighted by Gasteiger charge is -2.37. The third-order valence-electron chi connectivity index (χ3n) is 3.57. The normalized spacial score (nSPS) is 14.8. The van der Waals surface area contributed by atoms with Gasteiger partial charge in [0.25, 0.3) is 11.1 Å². The van der Waals surface area contributed by atoms with Gasteiger partial charge in [0.2, 0.25) is 5.91 Å². The summed E-state index contributed by atoms with van der Waals surface area (Å²) in [5.74, 6) is -0.202. The van der Waals surface area contributed by atoms with Crippen molar-refractivity contribution in [1.82, 2.24) is 14.7 Å². The number of carbonyl (C=O) groups excluding carboxylic acids is 1. The van der Waals surface area contributed by atoms with E-state index in [0.717, 1.165) is 36.1 Å². The van der Waals surface area contributed by atoms with Crippen LogP contribution in [0.2, 0.25) is 0 Å². The van der Waals surface area contributed by atoms with Crippen LogP contribution < -0.4 is 11.1 Å². The first-order valence-electron chi connectivity index (χ1n) is 6.82. The number of hydrogen-bond donors (Lipinski definition) is 2. The summed E-state index contributed by atoms with van der Waals surface area (Å²) < 4.78 is 1.02. The van der Waals surface area contributed by atoms with E-state index in [9.17, 15) is 14.4 Å². The molecular formula is C13H19N3O4. The molecule has 0 unspecified atom stereocenters. The van der Waals surface area contributed by atoms with E-state index in [1.807, 2.05) is 0 Å². The Hall–Kier alpha value is -1.89. The van der Waals surface area contributed by atoms with Crippen molar-refractivity contribution in [2.45, 2.75) is 38.3 Å². The third-order valence-corrected chi connectivity index (χ3v) is 3.57. The SMILES string of the molecule is O=C(Cn1[nH]c(=O)ccc1=O)N(CCCO)C1CCC1. The second-order valence-corrected chi connectivity index (χ2v) is 4.98. The smallest absolute Gasteiger partial charge is 0.265 e. The minimum atomic E-state index is -0.414. The summed E-state index contributed by atoms with van der Waals surface area (Å²) in [5.41, 5.74) is -0.823. The van der Waals surface area contributed by atoms with Crippen LogP contribution in [0.4, 0.5) is 0 Å². The molecule has 0 bridgehead atoms. The van der Waals surface area contributed by atoms with Crippen LogP contribution in [-0.4, -0.2) is 44.9 Å². The van der Waals surface area contributed by atoms with Crippen molar-refractivity contribution in [2.24, 2.45) is 0 Å². The highest BCUT2D eigenvalue weighted by molar-refractivity contribution is 5.76. The fourth-order valence-electron chi connectivity index (χ4n) is 2.26. The Labute approximate surface area is 115 Å². The lowest BCUT2D eigenvalue weighted by Crippen LogP contribution is -2.47. The van der Waals surface area contributed by atoms with Crippen molar-refractivity contribution >= 4 is 5.91 Å². The molecule has 1 saturated carbocycles. The van der Waals surface area contributed by atoms with Crippen LogP contribution in [0.5, 0.6) is 0 Å². The number of hydrogen-bond acceptors (Lipinski definition) is 4. The second kappa shape index (κ2) is 6.51. The number of rotatable bonds is 6. The number of nitrogens with zero attached hydrogens (tertiary/aromatic N) is 2. The Kier molecular flexibility index (Phi) is 4.73. The van der Waals surface area contributed by atoms with E-state index < -0.39 is 11.1 Å². The molecule has 1 aromatic rings. The number of aliphatic hydroxyl groups is 1. The standard InChI is InChI=1S/C13H19N3O4/c17-8-2-7-15(10-3-1-4-10)13(20)9-16-12(19)6-5-11(18)14-16/h5-6,10,17H,1-4,7-9H2,(H,14,18). The van der Waals surface area contributed by atoms with E-state index in [4.69, 9.17) is 5.11 Å². The van der Waals surface area contributed by atoms with Gasteiger partial charge in [-0.15, -0.1) is 0 Å². The van der Waals surface area contributed by atoms with Gasteiger partial charge in [0.05, 0.1) is 0 Å². The molecule has 0 aliphatic heterocycles. The predicted molar refractivity (Wildman–Crippen MR) is 72.4 cm³/mol. The summed E-state index contributed by atoms with van der Waals surface area (Å²) in [6, 6.07) is 2.48. The van der Waals surface area contributed by atoms with Gasteiger partial charge in [-0.25, -0.2) is 4.68 Å². The molecule has 1 heterocycles. The topological polar surface area (TPSA) is 95.4 Å². The molecule has 1 fully saturated rings. The Balaban J connectivity index is 2.09. The number of carbonyl (C=O) groups is 1. The highest BCUT2D eigenvalue weighted by Gasteiger charge is 2.28. The van der Waals surface area contributed by atoms with Crippen molar-refractivity contribution in [2.75, 3.05) is 13.2 Å². The lowest BCUT2D eigenvalue weighted by atomic mass is 9.91. The van der Waals surface area contributed by atoms with Crippen molar-refractivity contribution < 1.29 is 9.90 Å². The molecule has 0 radical (unpaired) electrons. The van der Waals surface area contributed by atoms with E-state index in [1.165, 1.54) is 0 Å². The first kappa shape index (κ1) is 14.5. The predicted octanol–water partition coefficient (Wildman–Crippen LogP) is -0.700. The van der Waals surface area contributed by atoms with E-state index >= 15 is 0 Å². The Morgan fingerprint density at radius 1 is 1.40 bits per heavy atom. The van der Waals surface area contributed by atoms with Crippen LogP contribution in [0, 0.1) is 0 Å². The Morgan fingerprint density at radius 3 is 2.75 bits per heavy atom. The molecule has 2 N–H and O–H groups in total. The number of nitrogens with one attached hydrogen (secondary N) is 1. The molecule has 0 spiro atoms. The zero-order chi connectivity index (χ0) is 14.5. The minimum Gasteiger partial charge on any atom is -0.396 e. The van der Waals surface area contributed by atoms with Gasteiger partial charge in [-0.1, -0.05) is 0 Å². The molecule has 1 aliphatic carbocycles. The van der Waals surface area contributed by atoms with Gasteiger partial charge in [-0.2, -0.15) is 0 Å². The molecule has 0 aromatic carbocycles.